The molecule has 0 aromatic heterocycles. The van der Waals surface area contributed by atoms with Crippen LogP contribution in [0, 0.1) is 27.7 Å². The van der Waals surface area contributed by atoms with Gasteiger partial charge in [0.25, 0.3) is 0 Å². The van der Waals surface area contributed by atoms with Crippen LogP contribution in [0.2, 0.25) is 13.1 Å². The van der Waals surface area contributed by atoms with E-state index in [1.165, 1.54) is 89.0 Å². The average molecular weight is 828 g/mol. The normalized spacial score (nSPS) is 17.8. The summed E-state index contributed by atoms with van der Waals surface area (Å²) < 4.78 is 0.200. The summed E-state index contributed by atoms with van der Waals surface area (Å²) in [6.45, 7) is 27.9. The van der Waals surface area contributed by atoms with Gasteiger partial charge in [-0.15, -0.1) is 0 Å². The zero-order valence-electron chi connectivity index (χ0n) is 33.9. The number of fused-ring (bicyclic) bond motifs is 2. The zero-order valence-corrected chi connectivity index (χ0v) is 39.0. The van der Waals surface area contributed by atoms with Crippen LogP contribution in [0.5, 0.6) is 0 Å². The Morgan fingerprint density at radius 3 is 1.21 bits per heavy atom. The monoisotopic (exact) mass is 825 g/mol. The van der Waals surface area contributed by atoms with E-state index in [0.717, 1.165) is 25.7 Å². The van der Waals surface area contributed by atoms with E-state index in [0.29, 0.717) is 11.8 Å². The molecule has 0 N–H and O–H groups in total. The molecule has 0 saturated heterocycles. The first kappa shape index (κ1) is 39.7. The van der Waals surface area contributed by atoms with Crippen LogP contribution >= 0.6 is 17.0 Å². The minimum absolute atomic E-state index is 0.0999. The molecule has 4 heteroatoms. The van der Waals surface area contributed by atoms with Crippen molar-refractivity contribution in [3.8, 4) is 22.3 Å². The Morgan fingerprint density at radius 1 is 0.577 bits per heavy atom. The number of halogens is 2. The molecule has 2 aliphatic carbocycles. The van der Waals surface area contributed by atoms with Gasteiger partial charge < -0.3 is 0 Å². The third-order valence-corrected chi connectivity index (χ3v) is 64.0. The standard InChI is InChI=1S/2C23H27.C2H7Si.2ClH.Zr/c2*1-6-7-18-13-19-8-9-21(15(2)3)23(22(19)14-18)20-11-16(4)10-17(5)12-20;1-3-2;;;/h2*8-15H,6-7H2,1-5H3;3H,1-2H3;2*1H;/q;;;;;+2/p-2. The molecule has 4 aromatic carbocycles. The van der Waals surface area contributed by atoms with Crippen LogP contribution in [-0.4, -0.2) is 5.92 Å². The average Bonchev–Trinajstić information content (AvgIpc) is 3.62. The second-order valence-electron chi connectivity index (χ2n) is 17.3. The van der Waals surface area contributed by atoms with Crippen LogP contribution in [0.3, 0.4) is 0 Å². The Bertz CT molecular complexity index is 1910. The molecule has 0 saturated carbocycles. The first-order valence-electron chi connectivity index (χ1n) is 20.0. The number of rotatable bonds is 11. The predicted octanol–water partition coefficient (Wildman–Crippen LogP) is 15.7. The van der Waals surface area contributed by atoms with Crippen molar-refractivity contribution in [2.45, 2.75) is 127 Å². The van der Waals surface area contributed by atoms with Crippen molar-refractivity contribution in [1.29, 1.82) is 0 Å². The van der Waals surface area contributed by atoms with E-state index in [-0.39, 0.29) is 7.25 Å². The van der Waals surface area contributed by atoms with E-state index >= 15 is 0 Å². The summed E-state index contributed by atoms with van der Waals surface area (Å²) in [6.07, 6.45) is 9.36. The van der Waals surface area contributed by atoms with Gasteiger partial charge >= 0.3 is 327 Å². The van der Waals surface area contributed by atoms with E-state index < -0.39 is 21.5 Å². The molecule has 0 amide bonds. The Labute approximate surface area is 324 Å². The number of hydrogen-bond acceptors (Lipinski definition) is 0. The third kappa shape index (κ3) is 6.69. The van der Waals surface area contributed by atoms with Crippen LogP contribution in [0.1, 0.15) is 142 Å². The van der Waals surface area contributed by atoms with Crippen molar-refractivity contribution in [1.82, 2.24) is 0 Å². The van der Waals surface area contributed by atoms with Crippen molar-refractivity contribution >= 4 is 35.1 Å². The predicted molar refractivity (Wildman–Crippen MR) is 233 cm³/mol. The van der Waals surface area contributed by atoms with Gasteiger partial charge in [-0.3, -0.25) is 0 Å². The molecule has 2 atom stereocenters. The number of hydrogen-bond donors (Lipinski definition) is 0. The molecule has 0 radical (unpaired) electrons. The molecule has 0 heterocycles. The number of aryl methyl sites for hydroxylation is 4. The molecule has 52 heavy (non-hydrogen) atoms. The quantitative estimate of drug-likeness (QED) is 0.132. The van der Waals surface area contributed by atoms with E-state index in [9.17, 15) is 0 Å². The fourth-order valence-corrected chi connectivity index (χ4v) is 41.5. The van der Waals surface area contributed by atoms with Gasteiger partial charge in [0.1, 0.15) is 0 Å². The molecule has 6 rings (SSSR count). The summed E-state index contributed by atoms with van der Waals surface area (Å²) in [4.78, 5) is 0. The molecular formula is C48H61Cl2SiZr. The van der Waals surface area contributed by atoms with E-state index in [2.05, 4.69) is 155 Å². The van der Waals surface area contributed by atoms with E-state index in [1.54, 1.807) is 0 Å². The molecule has 0 aliphatic heterocycles. The molecule has 0 spiro atoms. The summed E-state index contributed by atoms with van der Waals surface area (Å²) in [5.74, 6) is -0.884. The van der Waals surface area contributed by atoms with E-state index in [1.807, 2.05) is 0 Å². The molecule has 2 aliphatic rings. The van der Waals surface area contributed by atoms with Gasteiger partial charge in [0, 0.05) is 0 Å². The zero-order chi connectivity index (χ0) is 37.9. The fraction of sp³-hybridized carbons (Fsp3) is 0.417. The Morgan fingerprint density at radius 2 is 0.923 bits per heavy atom. The second kappa shape index (κ2) is 14.9. The van der Waals surface area contributed by atoms with Crippen LogP contribution in [-0.2, 0) is 15.6 Å². The van der Waals surface area contributed by atoms with Gasteiger partial charge in [0.05, 0.1) is 0 Å². The molecule has 0 fully saturated rings. The van der Waals surface area contributed by atoms with Crippen molar-refractivity contribution in [2.24, 2.45) is 0 Å². The Kier molecular flexibility index (Phi) is 11.4. The fourth-order valence-electron chi connectivity index (χ4n) is 10.0. The van der Waals surface area contributed by atoms with Gasteiger partial charge in [-0.25, -0.2) is 0 Å². The summed E-state index contributed by atoms with van der Waals surface area (Å²) in [5.41, 5.74) is 22.0. The van der Waals surface area contributed by atoms with Crippen molar-refractivity contribution < 1.29 is 15.6 Å². The summed E-state index contributed by atoms with van der Waals surface area (Å²) in [7, 11) is 17.8. The molecule has 275 valence electrons. The molecule has 2 unspecified atom stereocenters. The Hall–Kier alpha value is -1.96. The van der Waals surface area contributed by atoms with Crippen LogP contribution in [0.25, 0.3) is 34.4 Å². The van der Waals surface area contributed by atoms with Crippen molar-refractivity contribution in [3.63, 3.8) is 0 Å². The SMILES string of the molecule is CCCC1=Cc2c(ccc(C(C)C)c2-c2cc(C)cc(C)c2)[CH]1[Zr]([Cl])([Cl])([CH]1C(CCC)=Cc2c1ccc(C(C)C)c2-c1cc(C)cc(C)c1)[SiH](C)C. The molecule has 4 aromatic rings. The molecule has 0 nitrogen and oxygen atoms in total. The van der Waals surface area contributed by atoms with Crippen LogP contribution in [0.15, 0.2) is 71.8 Å². The number of allylic oxidation sites excluding steroid dienone is 2. The van der Waals surface area contributed by atoms with Gasteiger partial charge in [-0.05, 0) is 0 Å². The summed E-state index contributed by atoms with van der Waals surface area (Å²) in [6, 6.07) is 23.9. The van der Waals surface area contributed by atoms with Crippen molar-refractivity contribution in [3.05, 3.63) is 127 Å². The second-order valence-corrected chi connectivity index (χ2v) is 59.8. The number of benzene rings is 4. The third-order valence-electron chi connectivity index (χ3n) is 12.2. The van der Waals surface area contributed by atoms with Crippen LogP contribution < -0.4 is 0 Å². The summed E-state index contributed by atoms with van der Waals surface area (Å²) >= 11 is -4.94. The topological polar surface area (TPSA) is 0 Å². The van der Waals surface area contributed by atoms with Gasteiger partial charge in [0.15, 0.2) is 0 Å². The van der Waals surface area contributed by atoms with Gasteiger partial charge in [0.2, 0.25) is 0 Å². The van der Waals surface area contributed by atoms with Gasteiger partial charge in [-0.2, -0.15) is 0 Å². The van der Waals surface area contributed by atoms with Crippen LogP contribution in [0.4, 0.5) is 0 Å². The van der Waals surface area contributed by atoms with Crippen molar-refractivity contribution in [2.75, 3.05) is 0 Å². The molecular weight excluding hydrogens is 767 g/mol. The van der Waals surface area contributed by atoms with Gasteiger partial charge in [-0.1, -0.05) is 0 Å². The summed E-state index contributed by atoms with van der Waals surface area (Å²) in [5, 5.41) is 0. The minimum atomic E-state index is -4.94. The molecule has 0 bridgehead atoms. The maximum absolute atomic E-state index is 8.92. The van der Waals surface area contributed by atoms with E-state index in [4.69, 9.17) is 17.0 Å². The Balaban J connectivity index is 1.68. The first-order valence-corrected chi connectivity index (χ1v) is 36.3. The first-order chi connectivity index (χ1) is 24.5. The maximum atomic E-state index is 8.92.